The molecule has 10 heteroatoms. The fraction of sp³-hybridized carbons (Fsp3) is 0.407. The predicted octanol–water partition coefficient (Wildman–Crippen LogP) is 3.70. The van der Waals surface area contributed by atoms with E-state index in [-0.39, 0.29) is 38.5 Å². The molecule has 2 aromatic carbocycles. The van der Waals surface area contributed by atoms with E-state index in [0.717, 1.165) is 11.1 Å². The first kappa shape index (κ1) is 29.2. The number of carboxylic acids is 1. The molecule has 1 atom stereocenters. The molecule has 10 nitrogen and oxygen atoms in total. The number of hydrogen-bond acceptors (Lipinski definition) is 6. The first-order valence-electron chi connectivity index (χ1n) is 12.2. The Labute approximate surface area is 216 Å². The van der Waals surface area contributed by atoms with Gasteiger partial charge in [-0.05, 0) is 36.8 Å². The number of carbonyl (C=O) groups is 4. The van der Waals surface area contributed by atoms with E-state index >= 15 is 0 Å². The van der Waals surface area contributed by atoms with Crippen molar-refractivity contribution in [3.8, 4) is 0 Å². The lowest BCUT2D eigenvalue weighted by molar-refractivity contribution is -0.149. The highest BCUT2D eigenvalue weighted by molar-refractivity contribution is 5.83. The van der Waals surface area contributed by atoms with E-state index in [0.29, 0.717) is 25.8 Å². The molecule has 3 amide bonds. The minimum Gasteiger partial charge on any atom is -0.480 e. The number of carbonyl (C=O) groups excluding carboxylic acids is 3. The Morgan fingerprint density at radius 2 is 1.27 bits per heavy atom. The van der Waals surface area contributed by atoms with Crippen LogP contribution in [0, 0.1) is 0 Å². The first-order valence-corrected chi connectivity index (χ1v) is 12.2. The molecule has 1 unspecified atom stereocenters. The van der Waals surface area contributed by atoms with Crippen LogP contribution in [0.25, 0.3) is 0 Å². The lowest BCUT2D eigenvalue weighted by Crippen LogP contribution is -2.42. The third-order valence-corrected chi connectivity index (χ3v) is 5.58. The SMILES string of the molecule is CN(C(=O)CCCNC(=O)OCc1ccccc1)C(CCCCNC(=O)OCc1ccccc1)C(=O)O. The molecule has 0 aliphatic carbocycles. The molecule has 0 fully saturated rings. The monoisotopic (exact) mass is 513 g/mol. The second-order valence-electron chi connectivity index (χ2n) is 8.44. The molecule has 3 N–H and O–H groups in total. The zero-order valence-electron chi connectivity index (χ0n) is 21.1. The van der Waals surface area contributed by atoms with Crippen molar-refractivity contribution in [2.24, 2.45) is 0 Å². The summed E-state index contributed by atoms with van der Waals surface area (Å²) in [5.41, 5.74) is 1.75. The van der Waals surface area contributed by atoms with Gasteiger partial charge in [-0.1, -0.05) is 60.7 Å². The van der Waals surface area contributed by atoms with Crippen LogP contribution in [-0.2, 0) is 32.3 Å². The molecule has 37 heavy (non-hydrogen) atoms. The zero-order valence-corrected chi connectivity index (χ0v) is 21.1. The van der Waals surface area contributed by atoms with Gasteiger partial charge in [0, 0.05) is 26.6 Å². The van der Waals surface area contributed by atoms with Gasteiger partial charge in [-0.15, -0.1) is 0 Å². The minimum absolute atomic E-state index is 0.0913. The van der Waals surface area contributed by atoms with Gasteiger partial charge in [0.25, 0.3) is 0 Å². The summed E-state index contributed by atoms with van der Waals surface area (Å²) < 4.78 is 10.2. The highest BCUT2D eigenvalue weighted by Gasteiger charge is 2.25. The van der Waals surface area contributed by atoms with Crippen LogP contribution in [0.3, 0.4) is 0 Å². The summed E-state index contributed by atoms with van der Waals surface area (Å²) in [6.45, 7) is 0.894. The van der Waals surface area contributed by atoms with Gasteiger partial charge in [-0.3, -0.25) is 4.79 Å². The van der Waals surface area contributed by atoms with Crippen molar-refractivity contribution in [2.75, 3.05) is 20.1 Å². The maximum Gasteiger partial charge on any atom is 0.407 e. The molecule has 0 heterocycles. The molecule has 0 bridgehead atoms. The third-order valence-electron chi connectivity index (χ3n) is 5.58. The number of hydrogen-bond donors (Lipinski definition) is 3. The quantitative estimate of drug-likeness (QED) is 0.309. The Morgan fingerprint density at radius 3 is 1.76 bits per heavy atom. The molecule has 0 radical (unpaired) electrons. The average Bonchev–Trinajstić information content (AvgIpc) is 2.91. The number of alkyl carbamates (subject to hydrolysis) is 2. The molecule has 0 aromatic heterocycles. The smallest absolute Gasteiger partial charge is 0.407 e. The summed E-state index contributed by atoms with van der Waals surface area (Å²) in [4.78, 5) is 48.9. The maximum atomic E-state index is 12.5. The number of amides is 3. The van der Waals surface area contributed by atoms with Crippen molar-refractivity contribution in [3.63, 3.8) is 0 Å². The minimum atomic E-state index is -1.09. The van der Waals surface area contributed by atoms with Crippen LogP contribution in [0.5, 0.6) is 0 Å². The molecule has 0 saturated heterocycles. The van der Waals surface area contributed by atoms with Gasteiger partial charge in [0.15, 0.2) is 0 Å². The van der Waals surface area contributed by atoms with Gasteiger partial charge >= 0.3 is 18.2 Å². The highest BCUT2D eigenvalue weighted by Crippen LogP contribution is 2.10. The maximum absolute atomic E-state index is 12.5. The summed E-state index contributed by atoms with van der Waals surface area (Å²) in [5, 5.41) is 14.8. The van der Waals surface area contributed by atoms with Crippen molar-refractivity contribution in [2.45, 2.75) is 51.4 Å². The molecule has 0 saturated carbocycles. The van der Waals surface area contributed by atoms with Crippen LogP contribution in [0.1, 0.15) is 43.2 Å². The number of unbranched alkanes of at least 4 members (excludes halogenated alkanes) is 1. The van der Waals surface area contributed by atoms with Gasteiger partial charge in [0.2, 0.25) is 5.91 Å². The summed E-state index contributed by atoms with van der Waals surface area (Å²) in [6, 6.07) is 17.6. The van der Waals surface area contributed by atoms with E-state index in [1.807, 2.05) is 60.7 Å². The lowest BCUT2D eigenvalue weighted by Gasteiger charge is -2.25. The second kappa shape index (κ2) is 16.6. The summed E-state index contributed by atoms with van der Waals surface area (Å²) in [7, 11) is 1.46. The van der Waals surface area contributed by atoms with Gasteiger partial charge in [0.05, 0.1) is 0 Å². The summed E-state index contributed by atoms with van der Waals surface area (Å²) in [5.74, 6) is -1.41. The van der Waals surface area contributed by atoms with Gasteiger partial charge in [-0.25, -0.2) is 14.4 Å². The van der Waals surface area contributed by atoms with Crippen LogP contribution < -0.4 is 10.6 Å². The molecule has 2 rings (SSSR count). The Bertz CT molecular complexity index is 986. The molecule has 200 valence electrons. The number of carboxylic acid groups (broad SMARTS) is 1. The van der Waals surface area contributed by atoms with E-state index in [1.165, 1.54) is 11.9 Å². The average molecular weight is 514 g/mol. The number of likely N-dealkylation sites (N-methyl/N-ethyl adjacent to an activating group) is 1. The topological polar surface area (TPSA) is 134 Å². The zero-order chi connectivity index (χ0) is 26.9. The van der Waals surface area contributed by atoms with E-state index in [9.17, 15) is 24.3 Å². The first-order chi connectivity index (χ1) is 17.9. The molecule has 2 aromatic rings. The fourth-order valence-corrected chi connectivity index (χ4v) is 3.46. The Kier molecular flexibility index (Phi) is 13.1. The van der Waals surface area contributed by atoms with Crippen LogP contribution in [0.2, 0.25) is 0 Å². The number of rotatable bonds is 15. The van der Waals surface area contributed by atoms with E-state index in [1.54, 1.807) is 0 Å². The van der Waals surface area contributed by atoms with Crippen LogP contribution in [0.15, 0.2) is 60.7 Å². The molecule has 0 spiro atoms. The number of aliphatic carboxylic acids is 1. The second-order valence-corrected chi connectivity index (χ2v) is 8.44. The summed E-state index contributed by atoms with van der Waals surface area (Å²) >= 11 is 0. The van der Waals surface area contributed by atoms with Gasteiger partial charge in [0.1, 0.15) is 19.3 Å². The van der Waals surface area contributed by atoms with Crippen molar-refractivity contribution in [3.05, 3.63) is 71.8 Å². The van der Waals surface area contributed by atoms with Crippen molar-refractivity contribution >= 4 is 24.1 Å². The van der Waals surface area contributed by atoms with E-state index in [2.05, 4.69) is 10.6 Å². The standard InChI is InChI=1S/C27H35N3O7/c1-30(24(31)16-10-18-29-27(35)37-20-22-13-6-3-7-14-22)23(25(32)33)15-8-9-17-28-26(34)36-19-21-11-4-2-5-12-21/h2-7,11-14,23H,8-10,15-20H2,1H3,(H,28,34)(H,29,35)(H,32,33). The third kappa shape index (κ3) is 11.9. The lowest BCUT2D eigenvalue weighted by atomic mass is 10.1. The van der Waals surface area contributed by atoms with Crippen molar-refractivity contribution < 1.29 is 33.8 Å². The number of nitrogens with zero attached hydrogens (tertiary/aromatic N) is 1. The number of nitrogens with one attached hydrogen (secondary N) is 2. The molecular weight excluding hydrogens is 478 g/mol. The Balaban J connectivity index is 1.58. The summed E-state index contributed by atoms with van der Waals surface area (Å²) in [6.07, 6.45) is 0.625. The number of benzene rings is 2. The molecular formula is C27H35N3O7. The highest BCUT2D eigenvalue weighted by atomic mass is 16.6. The number of ether oxygens (including phenoxy) is 2. The van der Waals surface area contributed by atoms with Gasteiger partial charge in [-0.2, -0.15) is 0 Å². The van der Waals surface area contributed by atoms with Crippen molar-refractivity contribution in [1.29, 1.82) is 0 Å². The fourth-order valence-electron chi connectivity index (χ4n) is 3.46. The Morgan fingerprint density at radius 1 is 0.784 bits per heavy atom. The largest absolute Gasteiger partial charge is 0.480 e. The molecule has 0 aliphatic rings. The van der Waals surface area contributed by atoms with E-state index in [4.69, 9.17) is 9.47 Å². The Hall–Kier alpha value is -4.08. The van der Waals surface area contributed by atoms with E-state index < -0.39 is 24.2 Å². The normalized spacial score (nSPS) is 11.2. The van der Waals surface area contributed by atoms with Gasteiger partial charge < -0.3 is 30.1 Å². The van der Waals surface area contributed by atoms with Crippen LogP contribution in [0.4, 0.5) is 9.59 Å². The van der Waals surface area contributed by atoms with Crippen molar-refractivity contribution in [1.82, 2.24) is 15.5 Å². The predicted molar refractivity (Wildman–Crippen MR) is 137 cm³/mol. The van der Waals surface area contributed by atoms with Crippen LogP contribution >= 0.6 is 0 Å². The molecule has 0 aliphatic heterocycles. The van der Waals surface area contributed by atoms with Crippen LogP contribution in [-0.4, -0.2) is 60.2 Å².